The molecule has 0 saturated carbocycles. The van der Waals surface area contributed by atoms with Gasteiger partial charge >= 0.3 is 0 Å². The first-order chi connectivity index (χ1) is 16.4. The Morgan fingerprint density at radius 3 is 1.44 bits per heavy atom. The summed E-state index contributed by atoms with van der Waals surface area (Å²) in [6, 6.07) is 22.9. The van der Waals surface area contributed by atoms with Crippen molar-refractivity contribution in [3.8, 4) is 11.1 Å². The van der Waals surface area contributed by atoms with Crippen LogP contribution in [0, 0.1) is 0 Å². The average molecular weight is 456 g/mol. The molecule has 0 aliphatic heterocycles. The van der Waals surface area contributed by atoms with Gasteiger partial charge in [-0.3, -0.25) is 0 Å². The predicted octanol–water partition coefficient (Wildman–Crippen LogP) is 6.24. The molecule has 0 N–H and O–H groups in total. The van der Waals surface area contributed by atoms with Gasteiger partial charge < -0.3 is 14.7 Å². The van der Waals surface area contributed by atoms with E-state index in [1.165, 1.54) is 50.0 Å². The molecule has 0 bridgehead atoms. The van der Waals surface area contributed by atoms with Crippen LogP contribution in [-0.4, -0.2) is 40.3 Å². The number of pyridine rings is 1. The predicted molar refractivity (Wildman–Crippen MR) is 150 cm³/mol. The molecule has 4 nitrogen and oxygen atoms in total. The van der Waals surface area contributed by atoms with Gasteiger partial charge in [0, 0.05) is 75.0 Å². The van der Waals surface area contributed by atoms with Crippen LogP contribution < -0.4 is 19.3 Å². The molecule has 3 aromatic carbocycles. The van der Waals surface area contributed by atoms with Gasteiger partial charge in [-0.25, -0.2) is 0 Å². The second-order valence-corrected chi connectivity index (χ2v) is 9.08. The van der Waals surface area contributed by atoms with E-state index < -0.39 is 0 Å². The van der Waals surface area contributed by atoms with E-state index in [1.54, 1.807) is 0 Å². The molecule has 0 spiro atoms. The van der Waals surface area contributed by atoms with Crippen molar-refractivity contribution in [1.29, 1.82) is 0 Å². The van der Waals surface area contributed by atoms with Gasteiger partial charge in [0.05, 0.1) is 10.8 Å². The first-order valence-corrected chi connectivity index (χ1v) is 12.6. The summed E-state index contributed by atoms with van der Waals surface area (Å²) >= 11 is 0. The first-order valence-electron chi connectivity index (χ1n) is 12.6. The van der Waals surface area contributed by atoms with Crippen LogP contribution in [0.1, 0.15) is 27.7 Å². The van der Waals surface area contributed by atoms with Crippen LogP contribution in [0.15, 0.2) is 60.7 Å². The van der Waals surface area contributed by atoms with Gasteiger partial charge in [-0.2, -0.15) is 4.57 Å². The largest absolute Gasteiger partial charge is 0.375 e. The highest BCUT2D eigenvalue weighted by molar-refractivity contribution is 6.08. The molecule has 0 atom stereocenters. The number of aromatic nitrogens is 1. The van der Waals surface area contributed by atoms with Crippen molar-refractivity contribution in [2.24, 2.45) is 7.05 Å². The Bertz CT molecular complexity index is 1220. The third-order valence-electron chi connectivity index (χ3n) is 7.34. The van der Waals surface area contributed by atoms with Crippen molar-refractivity contribution in [2.75, 3.05) is 55.0 Å². The smallest absolute Gasteiger partial charge is 0.215 e. The molecule has 0 saturated heterocycles. The van der Waals surface area contributed by atoms with Crippen molar-refractivity contribution in [3.05, 3.63) is 60.7 Å². The lowest BCUT2D eigenvalue weighted by atomic mass is 9.94. The Labute approximate surface area is 205 Å². The SMILES string of the molecule is CCN(C)c1ccc2c(-c3ccc(N(CC)CC)cc3)c3ccc(N(C)CC)cc3[n+](C)c2c1. The third-order valence-corrected chi connectivity index (χ3v) is 7.34. The fraction of sp³-hybridized carbons (Fsp3) is 0.367. The second kappa shape index (κ2) is 9.92. The summed E-state index contributed by atoms with van der Waals surface area (Å²) in [4.78, 5) is 6.98. The molecule has 1 aromatic heterocycles. The number of aryl methyl sites for hydroxylation is 1. The molecule has 4 heteroatoms. The Morgan fingerprint density at radius 2 is 1.03 bits per heavy atom. The number of benzene rings is 3. The van der Waals surface area contributed by atoms with E-state index in [-0.39, 0.29) is 0 Å². The Kier molecular flexibility index (Phi) is 6.97. The molecule has 0 fully saturated rings. The molecular formula is C30H39N4+. The molecule has 0 radical (unpaired) electrons. The minimum absolute atomic E-state index is 0.980. The van der Waals surface area contributed by atoms with Crippen molar-refractivity contribution >= 4 is 38.9 Å². The lowest BCUT2D eigenvalue weighted by Crippen LogP contribution is -2.31. The summed E-state index contributed by atoms with van der Waals surface area (Å²) in [5.41, 5.74) is 8.85. The molecule has 1 heterocycles. The molecule has 4 rings (SSSR count). The standard InChI is InChI=1S/C30H39N4/c1-8-31(5)24-16-18-26-28(20-24)33(7)29-21-25(32(6)9-2)17-19-27(29)30(26)22-12-14-23(15-13-22)34(10-3)11-4/h12-21H,8-11H2,1-7H3/q+1. The summed E-state index contributed by atoms with van der Waals surface area (Å²) in [7, 11) is 6.51. The van der Waals surface area contributed by atoms with Gasteiger partial charge in [0.1, 0.15) is 7.05 Å². The molecule has 0 aliphatic rings. The number of anilines is 3. The Morgan fingerprint density at radius 1 is 0.588 bits per heavy atom. The van der Waals surface area contributed by atoms with E-state index in [0.29, 0.717) is 0 Å². The van der Waals surface area contributed by atoms with E-state index in [9.17, 15) is 0 Å². The van der Waals surface area contributed by atoms with Gasteiger partial charge in [0.25, 0.3) is 0 Å². The summed E-state index contributed by atoms with van der Waals surface area (Å²) in [6.45, 7) is 12.8. The summed E-state index contributed by atoms with van der Waals surface area (Å²) in [5.74, 6) is 0. The molecule has 178 valence electrons. The highest BCUT2D eigenvalue weighted by Crippen LogP contribution is 2.37. The van der Waals surface area contributed by atoms with Crippen LogP contribution in [0.3, 0.4) is 0 Å². The summed E-state index contributed by atoms with van der Waals surface area (Å²) in [5, 5.41) is 2.57. The molecule has 0 aliphatic carbocycles. The molecule has 4 aromatic rings. The van der Waals surface area contributed by atoms with E-state index >= 15 is 0 Å². The Balaban J connectivity index is 2.02. The highest BCUT2D eigenvalue weighted by atomic mass is 15.1. The fourth-order valence-corrected chi connectivity index (χ4v) is 4.87. The lowest BCUT2D eigenvalue weighted by Gasteiger charge is -2.22. The van der Waals surface area contributed by atoms with Crippen molar-refractivity contribution < 1.29 is 4.57 Å². The minimum Gasteiger partial charge on any atom is -0.375 e. The van der Waals surface area contributed by atoms with Crippen LogP contribution in [0.4, 0.5) is 17.1 Å². The maximum Gasteiger partial charge on any atom is 0.215 e. The molecular weight excluding hydrogens is 416 g/mol. The average Bonchev–Trinajstić information content (AvgIpc) is 2.89. The number of fused-ring (bicyclic) bond motifs is 2. The quantitative estimate of drug-likeness (QED) is 0.231. The number of rotatable bonds is 8. The highest BCUT2D eigenvalue weighted by Gasteiger charge is 2.21. The lowest BCUT2D eigenvalue weighted by molar-refractivity contribution is -0.617. The van der Waals surface area contributed by atoms with Crippen LogP contribution in [0.2, 0.25) is 0 Å². The third kappa shape index (κ3) is 4.18. The van der Waals surface area contributed by atoms with E-state index in [1.807, 2.05) is 0 Å². The monoisotopic (exact) mass is 455 g/mol. The van der Waals surface area contributed by atoms with E-state index in [4.69, 9.17) is 0 Å². The molecule has 34 heavy (non-hydrogen) atoms. The summed E-state index contributed by atoms with van der Waals surface area (Å²) < 4.78 is 2.36. The van der Waals surface area contributed by atoms with Crippen LogP contribution >= 0.6 is 0 Å². The minimum atomic E-state index is 0.980. The van der Waals surface area contributed by atoms with Crippen LogP contribution in [0.5, 0.6) is 0 Å². The maximum absolute atomic E-state index is 2.39. The van der Waals surface area contributed by atoms with Crippen LogP contribution in [-0.2, 0) is 7.05 Å². The number of hydrogen-bond donors (Lipinski definition) is 0. The zero-order valence-electron chi connectivity index (χ0n) is 21.9. The van der Waals surface area contributed by atoms with Crippen LogP contribution in [0.25, 0.3) is 32.9 Å². The molecule has 0 unspecified atom stereocenters. The first kappa shape index (κ1) is 23.9. The van der Waals surface area contributed by atoms with E-state index in [2.05, 4.69) is 129 Å². The summed E-state index contributed by atoms with van der Waals surface area (Å²) in [6.07, 6.45) is 0. The zero-order valence-corrected chi connectivity index (χ0v) is 21.9. The zero-order chi connectivity index (χ0) is 24.4. The number of hydrogen-bond acceptors (Lipinski definition) is 3. The van der Waals surface area contributed by atoms with E-state index in [0.717, 1.165) is 26.2 Å². The fourth-order valence-electron chi connectivity index (χ4n) is 4.87. The van der Waals surface area contributed by atoms with Gasteiger partial charge in [-0.05, 0) is 69.7 Å². The maximum atomic E-state index is 2.39. The van der Waals surface area contributed by atoms with Crippen molar-refractivity contribution in [1.82, 2.24) is 0 Å². The Hall–Kier alpha value is -3.27. The van der Waals surface area contributed by atoms with Crippen molar-refractivity contribution in [3.63, 3.8) is 0 Å². The van der Waals surface area contributed by atoms with Crippen molar-refractivity contribution in [2.45, 2.75) is 27.7 Å². The molecule has 0 amide bonds. The van der Waals surface area contributed by atoms with Gasteiger partial charge in [0.15, 0.2) is 0 Å². The number of nitrogens with zero attached hydrogens (tertiary/aromatic N) is 4. The van der Waals surface area contributed by atoms with Gasteiger partial charge in [-0.1, -0.05) is 12.1 Å². The second-order valence-electron chi connectivity index (χ2n) is 9.08. The van der Waals surface area contributed by atoms with Gasteiger partial charge in [-0.15, -0.1) is 0 Å². The van der Waals surface area contributed by atoms with Gasteiger partial charge in [0.2, 0.25) is 11.0 Å². The topological polar surface area (TPSA) is 13.6 Å². The normalized spacial score (nSPS) is 11.3.